The molecule has 0 amide bonds. The third kappa shape index (κ3) is 5.55. The Morgan fingerprint density at radius 1 is 0.844 bits per heavy atom. The van der Waals surface area contributed by atoms with Gasteiger partial charge in [-0.2, -0.15) is 4.31 Å². The quantitative estimate of drug-likeness (QED) is 0.212. The van der Waals surface area contributed by atoms with Gasteiger partial charge in [0.2, 0.25) is 10.0 Å². The van der Waals surface area contributed by atoms with Gasteiger partial charge >= 0.3 is 0 Å². The van der Waals surface area contributed by atoms with Crippen molar-refractivity contribution in [3.05, 3.63) is 137 Å². The smallest absolute Gasteiger partial charge is 0.264 e. The van der Waals surface area contributed by atoms with Gasteiger partial charge in [-0.15, -0.1) is 0 Å². The summed E-state index contributed by atoms with van der Waals surface area (Å²) in [4.78, 5) is 2.43. The fraction of sp³-hybridized carbons (Fsp3) is 0.257. The molecule has 0 spiro atoms. The molecule has 2 aliphatic heterocycles. The molecule has 1 fully saturated rings. The molecule has 2 atom stereocenters. The highest BCUT2D eigenvalue weighted by molar-refractivity contribution is 7.89. The number of aryl methyl sites for hydroxylation is 2. The topological polar surface area (TPSA) is 78.0 Å². The Morgan fingerprint density at radius 2 is 1.44 bits per heavy atom. The molecule has 0 radical (unpaired) electrons. The van der Waals surface area contributed by atoms with E-state index >= 15 is 0 Å². The minimum atomic E-state index is -3.96. The van der Waals surface area contributed by atoms with Crippen molar-refractivity contribution < 1.29 is 21.2 Å². The number of fused-ring (bicyclic) bond motifs is 3. The summed E-state index contributed by atoms with van der Waals surface area (Å²) in [5, 5.41) is 0. The van der Waals surface area contributed by atoms with Gasteiger partial charge in [-0.05, 0) is 80.3 Å². The molecule has 2 heterocycles. The molecule has 10 heteroatoms. The molecule has 2 aliphatic rings. The average Bonchev–Trinajstić information content (AvgIpc) is 3.52. The normalized spacial score (nSPS) is 20.0. The van der Waals surface area contributed by atoms with Crippen molar-refractivity contribution in [2.75, 3.05) is 18.5 Å². The maximum atomic E-state index is 14.0. The van der Waals surface area contributed by atoms with Crippen LogP contribution in [0, 0.1) is 19.7 Å². The monoisotopic (exact) mass is 645 g/mol. The number of hydrogen-bond donors (Lipinski definition) is 0. The largest absolute Gasteiger partial charge is 0.357 e. The number of benzene rings is 4. The van der Waals surface area contributed by atoms with Gasteiger partial charge in [-0.1, -0.05) is 71.8 Å². The van der Waals surface area contributed by atoms with Crippen LogP contribution in [-0.4, -0.2) is 45.2 Å². The van der Waals surface area contributed by atoms with Crippen molar-refractivity contribution >= 4 is 25.7 Å². The molecule has 7 nitrogen and oxygen atoms in total. The predicted molar refractivity (Wildman–Crippen MR) is 174 cm³/mol. The molecular formula is C35H36FN3O4S2. The summed E-state index contributed by atoms with van der Waals surface area (Å²) in [7, 11) is -5.85. The third-order valence-electron chi connectivity index (χ3n) is 8.99. The number of likely N-dealkylation sites (N-methyl/N-ethyl adjacent to an activating group) is 1. The second-order valence-electron chi connectivity index (χ2n) is 11.9. The first-order chi connectivity index (χ1) is 21.4. The number of allylic oxidation sites excluding steroid dienone is 1. The molecule has 234 valence electrons. The Kier molecular flexibility index (Phi) is 8.09. The molecule has 6 rings (SSSR count). The van der Waals surface area contributed by atoms with Crippen LogP contribution in [-0.2, 0) is 32.0 Å². The van der Waals surface area contributed by atoms with Gasteiger partial charge in [0.1, 0.15) is 12.0 Å². The van der Waals surface area contributed by atoms with E-state index in [2.05, 4.69) is 0 Å². The molecule has 0 aliphatic carbocycles. The lowest BCUT2D eigenvalue weighted by atomic mass is 9.76. The highest BCUT2D eigenvalue weighted by Crippen LogP contribution is 2.54. The first kappa shape index (κ1) is 31.0. The Morgan fingerprint density at radius 3 is 2.09 bits per heavy atom. The number of halogens is 1. The lowest BCUT2D eigenvalue weighted by Gasteiger charge is -2.35. The average molecular weight is 646 g/mol. The zero-order chi connectivity index (χ0) is 32.0. The van der Waals surface area contributed by atoms with E-state index in [1.54, 1.807) is 71.2 Å². The van der Waals surface area contributed by atoms with Crippen LogP contribution in [0.2, 0.25) is 0 Å². The van der Waals surface area contributed by atoms with Gasteiger partial charge in [0, 0.05) is 30.9 Å². The summed E-state index contributed by atoms with van der Waals surface area (Å²) >= 11 is 0. The number of sulfonamides is 2. The van der Waals surface area contributed by atoms with Crippen LogP contribution < -0.4 is 4.90 Å². The summed E-state index contributed by atoms with van der Waals surface area (Å²) in [6, 6.07) is 27.3. The first-order valence-electron chi connectivity index (χ1n) is 14.8. The van der Waals surface area contributed by atoms with Gasteiger partial charge in [-0.25, -0.2) is 21.2 Å². The minimum Gasteiger partial charge on any atom is -0.357 e. The maximum absolute atomic E-state index is 14.0. The van der Waals surface area contributed by atoms with Gasteiger partial charge in [0.15, 0.2) is 0 Å². The van der Waals surface area contributed by atoms with E-state index in [1.807, 2.05) is 56.1 Å². The summed E-state index contributed by atoms with van der Waals surface area (Å²) in [5.41, 5.74) is 3.94. The van der Waals surface area contributed by atoms with Crippen molar-refractivity contribution in [3.8, 4) is 0 Å². The molecular weight excluding hydrogens is 610 g/mol. The van der Waals surface area contributed by atoms with Crippen LogP contribution in [0.5, 0.6) is 0 Å². The standard InChI is InChI=1S/C35H36FN3O4S2/c1-26-9-17-30(18-10-26)44(40,41)38(25-28-13-15-29(36)16-14-28)23-6-21-35-22-24-39(45(42,43)31-19-11-27(2)12-20-31)34(35)37(3)33-8-5-4-7-32(33)35/h4-20,23,34H,21-22,24-25H2,1-3H3/b23-6-/t34-,35-/m0/s1. The van der Waals surface area contributed by atoms with Crippen molar-refractivity contribution in [3.63, 3.8) is 0 Å². The third-order valence-corrected chi connectivity index (χ3v) is 12.6. The molecule has 4 aromatic rings. The van der Waals surface area contributed by atoms with E-state index in [0.717, 1.165) is 22.4 Å². The highest BCUT2D eigenvalue weighted by Gasteiger charge is 2.58. The Hall–Kier alpha value is -3.99. The van der Waals surface area contributed by atoms with Crippen LogP contribution in [0.1, 0.15) is 35.1 Å². The van der Waals surface area contributed by atoms with E-state index in [9.17, 15) is 21.2 Å². The van der Waals surface area contributed by atoms with Crippen LogP contribution >= 0.6 is 0 Å². The first-order valence-corrected chi connectivity index (χ1v) is 17.7. The SMILES string of the molecule is Cc1ccc(S(=O)(=O)N(/C=C\C[C@@]23CCN(S(=O)(=O)c4ccc(C)cc4)[C@@H]2N(C)c2ccccc23)Cc2ccc(F)cc2)cc1. The zero-order valence-corrected chi connectivity index (χ0v) is 27.1. The van der Waals surface area contributed by atoms with Crippen LogP contribution in [0.25, 0.3) is 0 Å². The van der Waals surface area contributed by atoms with Crippen LogP contribution in [0.4, 0.5) is 10.1 Å². The molecule has 0 aromatic heterocycles. The summed E-state index contributed by atoms with van der Waals surface area (Å²) < 4.78 is 72.3. The summed E-state index contributed by atoms with van der Waals surface area (Å²) in [6.07, 6.45) is 3.88. The van der Waals surface area contributed by atoms with Crippen molar-refractivity contribution in [1.29, 1.82) is 0 Å². The van der Waals surface area contributed by atoms with E-state index in [0.29, 0.717) is 24.9 Å². The molecule has 1 saturated heterocycles. The molecule has 0 N–H and O–H groups in total. The Bertz CT molecular complexity index is 1950. The molecule has 4 aromatic carbocycles. The van der Waals surface area contributed by atoms with Crippen molar-refractivity contribution in [2.24, 2.45) is 0 Å². The van der Waals surface area contributed by atoms with Crippen molar-refractivity contribution in [2.45, 2.75) is 54.6 Å². The minimum absolute atomic E-state index is 0.00777. The second-order valence-corrected chi connectivity index (χ2v) is 15.7. The summed E-state index contributed by atoms with van der Waals surface area (Å²) in [6.45, 7) is 4.15. The molecule has 0 saturated carbocycles. The molecule has 0 bridgehead atoms. The van der Waals surface area contributed by atoms with Crippen LogP contribution in [0.3, 0.4) is 0 Å². The van der Waals surface area contributed by atoms with Gasteiger partial charge in [-0.3, -0.25) is 4.31 Å². The van der Waals surface area contributed by atoms with E-state index in [-0.39, 0.29) is 16.3 Å². The fourth-order valence-electron chi connectivity index (χ4n) is 6.64. The summed E-state index contributed by atoms with van der Waals surface area (Å²) in [5.74, 6) is -0.400. The van der Waals surface area contributed by atoms with Crippen LogP contribution in [0.15, 0.2) is 119 Å². The lowest BCUT2D eigenvalue weighted by molar-refractivity contribution is 0.313. The van der Waals surface area contributed by atoms with Gasteiger partial charge < -0.3 is 4.90 Å². The number of anilines is 1. The maximum Gasteiger partial charge on any atom is 0.264 e. The Labute approximate surface area is 265 Å². The number of rotatable bonds is 9. The van der Waals surface area contributed by atoms with Crippen molar-refractivity contribution in [1.82, 2.24) is 8.61 Å². The molecule has 45 heavy (non-hydrogen) atoms. The van der Waals surface area contributed by atoms with Gasteiger partial charge in [0.25, 0.3) is 10.0 Å². The van der Waals surface area contributed by atoms with E-state index < -0.39 is 37.4 Å². The fourth-order valence-corrected chi connectivity index (χ4v) is 9.64. The zero-order valence-electron chi connectivity index (χ0n) is 25.5. The second kappa shape index (κ2) is 11.7. The predicted octanol–water partition coefficient (Wildman–Crippen LogP) is 6.35. The lowest BCUT2D eigenvalue weighted by Crippen LogP contribution is -2.50. The number of nitrogens with zero attached hydrogens (tertiary/aromatic N) is 3. The Balaban J connectivity index is 1.37. The molecule has 0 unspecified atom stereocenters. The van der Waals surface area contributed by atoms with E-state index in [4.69, 9.17) is 0 Å². The number of hydrogen-bond acceptors (Lipinski definition) is 5. The van der Waals surface area contributed by atoms with Gasteiger partial charge in [0.05, 0.1) is 16.3 Å². The highest BCUT2D eigenvalue weighted by atomic mass is 32.2. The van der Waals surface area contributed by atoms with E-state index in [1.165, 1.54) is 16.4 Å². The number of para-hydroxylation sites is 1.